The maximum absolute atomic E-state index is 2.45. The monoisotopic (exact) mass is 843 g/mol. The van der Waals surface area contributed by atoms with Gasteiger partial charge in [0.15, 0.2) is 0 Å². The van der Waals surface area contributed by atoms with E-state index in [2.05, 4.69) is 254 Å². The van der Waals surface area contributed by atoms with Crippen LogP contribution >= 0.6 is 11.3 Å². The van der Waals surface area contributed by atoms with E-state index in [0.29, 0.717) is 0 Å². The number of thiophene rings is 1. The molecule has 1 aliphatic heterocycles. The van der Waals surface area contributed by atoms with Gasteiger partial charge in [0.1, 0.15) is 0 Å². The zero-order valence-corrected chi connectivity index (χ0v) is 36.3. The van der Waals surface area contributed by atoms with E-state index in [-0.39, 0.29) is 0 Å². The van der Waals surface area contributed by atoms with Crippen molar-refractivity contribution in [3.05, 3.63) is 282 Å². The number of fused-ring (bicyclic) bond motifs is 12. The smallest absolute Gasteiger partial charge is 0.0754 e. The van der Waals surface area contributed by atoms with E-state index in [9.17, 15) is 0 Å². The Hall–Kier alpha value is -8.04. The summed E-state index contributed by atoms with van der Waals surface area (Å²) in [6.45, 7) is 0. The minimum absolute atomic E-state index is 0.542. The number of hydrogen-bond acceptors (Lipinski definition) is 2. The molecule has 2 aliphatic rings. The van der Waals surface area contributed by atoms with Crippen LogP contribution in [0.15, 0.2) is 243 Å². The second kappa shape index (κ2) is 15.1. The molecule has 0 saturated heterocycles. The number of rotatable bonds is 6. The molecule has 1 aliphatic carbocycles. The van der Waals surface area contributed by atoms with Gasteiger partial charge in [-0.2, -0.15) is 0 Å². The van der Waals surface area contributed by atoms with Gasteiger partial charge in [-0.1, -0.05) is 200 Å². The molecule has 1 aromatic heterocycles. The SMILES string of the molecule is C(=C(\c1ccc(-c2ccccc2)cc1)c1cccc2c1-c1ccccc1C21c2ccccc2N(c2ccccc2)c2ccccc21)/c1ccc(-c2ccc3sc4ccccc4c3c2)cc1. The third-order valence-corrected chi connectivity index (χ3v) is 14.9. The number of hydrogen-bond donors (Lipinski definition) is 0. The van der Waals surface area contributed by atoms with Crippen molar-refractivity contribution in [2.75, 3.05) is 4.90 Å². The number of anilines is 3. The van der Waals surface area contributed by atoms with E-state index in [1.807, 2.05) is 11.3 Å². The highest BCUT2D eigenvalue weighted by molar-refractivity contribution is 7.25. The summed E-state index contributed by atoms with van der Waals surface area (Å²) in [5, 5.41) is 2.64. The Morgan fingerprint density at radius 3 is 1.71 bits per heavy atom. The molecule has 2 heteroatoms. The van der Waals surface area contributed by atoms with Crippen molar-refractivity contribution in [2.24, 2.45) is 0 Å². The van der Waals surface area contributed by atoms with Crippen molar-refractivity contribution in [3.63, 3.8) is 0 Å². The highest BCUT2D eigenvalue weighted by Gasteiger charge is 2.52. The van der Waals surface area contributed by atoms with E-state index >= 15 is 0 Å². The summed E-state index contributed by atoms with van der Waals surface area (Å²) >= 11 is 1.86. The Bertz CT molecular complexity index is 3590. The second-order valence-corrected chi connectivity index (χ2v) is 18.2. The number of benzene rings is 10. The molecular formula is C63H41NS. The molecule has 0 N–H and O–H groups in total. The predicted molar refractivity (Wildman–Crippen MR) is 276 cm³/mol. The molecule has 0 saturated carbocycles. The molecule has 10 aromatic carbocycles. The van der Waals surface area contributed by atoms with Crippen molar-refractivity contribution >= 4 is 60.2 Å². The van der Waals surface area contributed by atoms with Crippen molar-refractivity contribution < 1.29 is 0 Å². The normalized spacial score (nSPS) is 13.4. The van der Waals surface area contributed by atoms with Crippen molar-refractivity contribution in [3.8, 4) is 33.4 Å². The first-order valence-electron chi connectivity index (χ1n) is 22.4. The van der Waals surface area contributed by atoms with Gasteiger partial charge in [0.2, 0.25) is 0 Å². The average molecular weight is 844 g/mol. The molecule has 0 fully saturated rings. The van der Waals surface area contributed by atoms with Gasteiger partial charge in [0, 0.05) is 25.9 Å². The molecule has 0 amide bonds. The molecule has 1 nitrogen and oxygen atoms in total. The molecule has 1 spiro atoms. The highest BCUT2D eigenvalue weighted by Crippen LogP contribution is 2.64. The summed E-state index contributed by atoms with van der Waals surface area (Å²) in [5.41, 5.74) is 20.4. The third kappa shape index (κ3) is 5.85. The Kier molecular flexibility index (Phi) is 8.69. The van der Waals surface area contributed by atoms with Gasteiger partial charge < -0.3 is 4.90 Å². The molecule has 0 unspecified atom stereocenters. The standard InChI is InChI=1S/C63H41NS/c1-3-16-43(17-4-1)44-34-36-46(37-35-44)52(40-42-30-32-45(33-31-42)47-38-39-61-53(41-47)49-20-8-14-29-60(49)65-61)50-22-15-26-57-62(50)51-21-7-9-23-54(51)63(57)55-24-10-12-27-58(55)64(48-18-5-2-6-19-48)59-28-13-11-25-56(59)63/h1-41H/b52-40-. The molecule has 2 heterocycles. The fraction of sp³-hybridized carbons (Fsp3) is 0.0159. The third-order valence-electron chi connectivity index (χ3n) is 13.7. The van der Waals surface area contributed by atoms with Crippen molar-refractivity contribution in [1.29, 1.82) is 0 Å². The number of nitrogens with zero attached hydrogens (tertiary/aromatic N) is 1. The molecule has 0 radical (unpaired) electrons. The first kappa shape index (κ1) is 37.5. The molecule has 304 valence electrons. The summed E-state index contributed by atoms with van der Waals surface area (Å²) < 4.78 is 2.65. The summed E-state index contributed by atoms with van der Waals surface area (Å²) in [7, 11) is 0. The van der Waals surface area contributed by atoms with E-state index in [0.717, 1.165) is 11.3 Å². The Balaban J connectivity index is 1.01. The summed E-state index contributed by atoms with van der Waals surface area (Å²) in [6, 6.07) is 89.7. The van der Waals surface area contributed by atoms with Crippen molar-refractivity contribution in [2.45, 2.75) is 5.41 Å². The largest absolute Gasteiger partial charge is 0.310 e. The topological polar surface area (TPSA) is 3.24 Å². The Labute approximate surface area is 383 Å². The van der Waals surface area contributed by atoms with E-state index in [1.54, 1.807) is 0 Å². The molecular weight excluding hydrogens is 803 g/mol. The van der Waals surface area contributed by atoms with Crippen molar-refractivity contribution in [1.82, 2.24) is 0 Å². The Morgan fingerprint density at radius 2 is 0.954 bits per heavy atom. The first-order chi connectivity index (χ1) is 32.2. The average Bonchev–Trinajstić information content (AvgIpc) is 3.90. The molecule has 65 heavy (non-hydrogen) atoms. The lowest BCUT2D eigenvalue weighted by atomic mass is 9.64. The van der Waals surface area contributed by atoms with Crippen LogP contribution in [0.1, 0.15) is 38.9 Å². The molecule has 0 bridgehead atoms. The lowest BCUT2D eigenvalue weighted by Gasteiger charge is -2.45. The molecule has 0 atom stereocenters. The van der Waals surface area contributed by atoms with Gasteiger partial charge in [0.05, 0.1) is 16.8 Å². The Morgan fingerprint density at radius 1 is 0.400 bits per heavy atom. The van der Waals surface area contributed by atoms with Crippen LogP contribution in [0.2, 0.25) is 0 Å². The predicted octanol–water partition coefficient (Wildman–Crippen LogP) is 17.1. The minimum Gasteiger partial charge on any atom is -0.310 e. The van der Waals surface area contributed by atoms with Crippen LogP contribution in [0.3, 0.4) is 0 Å². The fourth-order valence-corrected chi connectivity index (χ4v) is 12.0. The van der Waals surface area contributed by atoms with Crippen LogP contribution < -0.4 is 4.90 Å². The maximum atomic E-state index is 2.45. The summed E-state index contributed by atoms with van der Waals surface area (Å²) in [4.78, 5) is 2.45. The van der Waals surface area contributed by atoms with Gasteiger partial charge in [-0.25, -0.2) is 0 Å². The highest BCUT2D eigenvalue weighted by atomic mass is 32.1. The van der Waals surface area contributed by atoms with Crippen LogP contribution in [0.4, 0.5) is 17.1 Å². The quantitative estimate of drug-likeness (QED) is 0.151. The second-order valence-electron chi connectivity index (χ2n) is 17.2. The van der Waals surface area contributed by atoms with Gasteiger partial charge >= 0.3 is 0 Å². The van der Waals surface area contributed by atoms with Crippen LogP contribution in [-0.2, 0) is 5.41 Å². The summed E-state index contributed by atoms with van der Waals surface area (Å²) in [5.74, 6) is 0. The van der Waals surface area contributed by atoms with Crippen LogP contribution in [0.25, 0.3) is 65.2 Å². The van der Waals surface area contributed by atoms with Gasteiger partial charge in [0.25, 0.3) is 0 Å². The van der Waals surface area contributed by atoms with Gasteiger partial charge in [-0.3, -0.25) is 0 Å². The minimum atomic E-state index is -0.542. The van der Waals surface area contributed by atoms with Crippen LogP contribution in [-0.4, -0.2) is 0 Å². The molecule has 11 aromatic rings. The van der Waals surface area contributed by atoms with E-state index in [1.165, 1.54) is 104 Å². The molecule has 13 rings (SSSR count). The number of para-hydroxylation sites is 3. The zero-order chi connectivity index (χ0) is 42.9. The van der Waals surface area contributed by atoms with Crippen LogP contribution in [0, 0.1) is 0 Å². The zero-order valence-electron chi connectivity index (χ0n) is 35.5. The fourth-order valence-electron chi connectivity index (χ4n) is 10.9. The van der Waals surface area contributed by atoms with Gasteiger partial charge in [-0.05, 0) is 126 Å². The maximum Gasteiger partial charge on any atom is 0.0754 e. The van der Waals surface area contributed by atoms with E-state index < -0.39 is 5.41 Å². The summed E-state index contributed by atoms with van der Waals surface area (Å²) in [6.07, 6.45) is 2.40. The van der Waals surface area contributed by atoms with Gasteiger partial charge in [-0.15, -0.1) is 11.3 Å². The van der Waals surface area contributed by atoms with Crippen LogP contribution in [0.5, 0.6) is 0 Å². The first-order valence-corrected chi connectivity index (χ1v) is 23.2. The lowest BCUT2D eigenvalue weighted by Crippen LogP contribution is -2.36. The van der Waals surface area contributed by atoms with E-state index in [4.69, 9.17) is 0 Å². The lowest BCUT2D eigenvalue weighted by molar-refractivity contribution is 0.752.